The summed E-state index contributed by atoms with van der Waals surface area (Å²) in [5.41, 5.74) is 2.19. The maximum absolute atomic E-state index is 12.6. The van der Waals surface area contributed by atoms with Gasteiger partial charge in [-0.1, -0.05) is 23.4 Å². The van der Waals surface area contributed by atoms with Gasteiger partial charge in [-0.25, -0.2) is 0 Å². The van der Waals surface area contributed by atoms with E-state index in [1.54, 1.807) is 7.11 Å². The van der Waals surface area contributed by atoms with E-state index in [9.17, 15) is 4.79 Å². The van der Waals surface area contributed by atoms with Crippen LogP contribution >= 0.6 is 0 Å². The molecule has 132 valence electrons. The summed E-state index contributed by atoms with van der Waals surface area (Å²) in [6.07, 6.45) is 2.14. The average Bonchev–Trinajstić information content (AvgIpc) is 3.39. The molecule has 4 rings (SSSR count). The highest BCUT2D eigenvalue weighted by Gasteiger charge is 2.20. The Labute approximate surface area is 151 Å². The number of likely N-dealkylation sites (tertiary alicyclic amines) is 1. The molecule has 0 spiro atoms. The van der Waals surface area contributed by atoms with Crippen LogP contribution in [-0.2, 0) is 0 Å². The highest BCUT2D eigenvalue weighted by atomic mass is 16.5. The second kappa shape index (κ2) is 7.00. The van der Waals surface area contributed by atoms with E-state index < -0.39 is 0 Å². The molecule has 2 heterocycles. The molecule has 2 aromatic carbocycles. The molecule has 0 atom stereocenters. The number of ether oxygens (including phenoxy) is 1. The summed E-state index contributed by atoms with van der Waals surface area (Å²) in [6.45, 7) is 1.65. The molecule has 0 radical (unpaired) electrons. The van der Waals surface area contributed by atoms with Crippen molar-refractivity contribution in [2.24, 2.45) is 0 Å². The first-order chi connectivity index (χ1) is 12.7. The highest BCUT2D eigenvalue weighted by molar-refractivity contribution is 5.95. The summed E-state index contributed by atoms with van der Waals surface area (Å²) >= 11 is 0. The van der Waals surface area contributed by atoms with E-state index in [-0.39, 0.29) is 5.91 Å². The van der Waals surface area contributed by atoms with Gasteiger partial charge >= 0.3 is 0 Å². The second-order valence-electron chi connectivity index (χ2n) is 6.24. The van der Waals surface area contributed by atoms with E-state index in [1.165, 1.54) is 0 Å². The van der Waals surface area contributed by atoms with Gasteiger partial charge in [-0.05, 0) is 43.2 Å². The molecule has 6 nitrogen and oxygen atoms in total. The molecule has 1 aliphatic rings. The third-order valence-electron chi connectivity index (χ3n) is 4.50. The minimum atomic E-state index is 0.0564. The lowest BCUT2D eigenvalue weighted by Gasteiger charge is -2.15. The molecule has 0 N–H and O–H groups in total. The van der Waals surface area contributed by atoms with E-state index in [4.69, 9.17) is 9.26 Å². The van der Waals surface area contributed by atoms with Crippen molar-refractivity contribution in [1.82, 2.24) is 15.0 Å². The van der Waals surface area contributed by atoms with Gasteiger partial charge in [-0.15, -0.1) is 0 Å². The lowest BCUT2D eigenvalue weighted by Crippen LogP contribution is -2.27. The van der Waals surface area contributed by atoms with Gasteiger partial charge < -0.3 is 14.2 Å². The van der Waals surface area contributed by atoms with E-state index in [1.807, 2.05) is 53.4 Å². The SMILES string of the molecule is COc1cccc(-c2nc(-c3cccc(C(=O)N4CCCC4)c3)no2)c1. The third-order valence-corrected chi connectivity index (χ3v) is 4.50. The lowest BCUT2D eigenvalue weighted by atomic mass is 10.1. The number of amides is 1. The van der Waals surface area contributed by atoms with Crippen LogP contribution in [0.15, 0.2) is 53.1 Å². The zero-order valence-electron chi connectivity index (χ0n) is 14.5. The number of aromatic nitrogens is 2. The molecule has 3 aromatic rings. The van der Waals surface area contributed by atoms with Gasteiger partial charge in [-0.3, -0.25) is 4.79 Å². The molecule has 0 saturated carbocycles. The topological polar surface area (TPSA) is 68.5 Å². The Balaban J connectivity index is 1.61. The zero-order valence-corrected chi connectivity index (χ0v) is 14.5. The molecule has 1 fully saturated rings. The number of carbonyl (C=O) groups is 1. The molecule has 0 aliphatic carbocycles. The normalized spacial score (nSPS) is 13.8. The number of benzene rings is 2. The quantitative estimate of drug-likeness (QED) is 0.719. The highest BCUT2D eigenvalue weighted by Crippen LogP contribution is 2.26. The van der Waals surface area contributed by atoms with Crippen molar-refractivity contribution in [3.8, 4) is 28.6 Å². The van der Waals surface area contributed by atoms with Crippen molar-refractivity contribution < 1.29 is 14.1 Å². The molecule has 1 aromatic heterocycles. The van der Waals surface area contributed by atoms with E-state index >= 15 is 0 Å². The standard InChI is InChI=1S/C20H19N3O3/c1-25-17-9-5-7-15(13-17)19-21-18(22-26-19)14-6-4-8-16(12-14)20(24)23-10-2-3-11-23/h4-9,12-13H,2-3,10-11H2,1H3. The predicted molar refractivity (Wildman–Crippen MR) is 96.9 cm³/mol. The maximum Gasteiger partial charge on any atom is 0.258 e. The van der Waals surface area contributed by atoms with Crippen LogP contribution in [-0.4, -0.2) is 41.1 Å². The minimum Gasteiger partial charge on any atom is -0.497 e. The predicted octanol–water partition coefficient (Wildman–Crippen LogP) is 3.65. The first-order valence-electron chi connectivity index (χ1n) is 8.62. The van der Waals surface area contributed by atoms with E-state index in [0.717, 1.165) is 42.8 Å². The molecular weight excluding hydrogens is 330 g/mol. The van der Waals surface area contributed by atoms with E-state index in [0.29, 0.717) is 17.3 Å². The Morgan fingerprint density at radius 2 is 1.85 bits per heavy atom. The molecule has 0 bridgehead atoms. The third kappa shape index (κ3) is 3.18. The Morgan fingerprint density at radius 1 is 1.08 bits per heavy atom. The number of hydrogen-bond donors (Lipinski definition) is 0. The summed E-state index contributed by atoms with van der Waals surface area (Å²) in [4.78, 5) is 18.9. The van der Waals surface area contributed by atoms with Crippen LogP contribution in [0.25, 0.3) is 22.8 Å². The summed E-state index contributed by atoms with van der Waals surface area (Å²) in [7, 11) is 1.61. The van der Waals surface area contributed by atoms with Gasteiger partial charge in [-0.2, -0.15) is 4.98 Å². The number of rotatable bonds is 4. The van der Waals surface area contributed by atoms with E-state index in [2.05, 4.69) is 10.1 Å². The van der Waals surface area contributed by atoms with Crippen molar-refractivity contribution in [3.05, 3.63) is 54.1 Å². The zero-order chi connectivity index (χ0) is 17.9. The van der Waals surface area contributed by atoms with Crippen molar-refractivity contribution in [1.29, 1.82) is 0 Å². The Bertz CT molecular complexity index is 929. The number of carbonyl (C=O) groups excluding carboxylic acids is 1. The van der Waals surface area contributed by atoms with Crippen LogP contribution in [0.1, 0.15) is 23.2 Å². The maximum atomic E-state index is 12.6. The lowest BCUT2D eigenvalue weighted by molar-refractivity contribution is 0.0793. The van der Waals surface area contributed by atoms with Gasteiger partial charge in [0.1, 0.15) is 5.75 Å². The van der Waals surface area contributed by atoms with Gasteiger partial charge in [0.05, 0.1) is 7.11 Å². The fraction of sp³-hybridized carbons (Fsp3) is 0.250. The molecule has 1 aliphatic heterocycles. The van der Waals surface area contributed by atoms with Crippen molar-refractivity contribution in [2.75, 3.05) is 20.2 Å². The average molecular weight is 349 g/mol. The summed E-state index contributed by atoms with van der Waals surface area (Å²) in [5.74, 6) is 1.65. The molecule has 1 amide bonds. The van der Waals surface area contributed by atoms with Gasteiger partial charge in [0.15, 0.2) is 0 Å². The summed E-state index contributed by atoms with van der Waals surface area (Å²) in [5, 5.41) is 4.06. The molecule has 6 heteroatoms. The molecule has 26 heavy (non-hydrogen) atoms. The summed E-state index contributed by atoms with van der Waals surface area (Å²) < 4.78 is 10.6. The summed E-state index contributed by atoms with van der Waals surface area (Å²) in [6, 6.07) is 14.8. The van der Waals surface area contributed by atoms with Gasteiger partial charge in [0.2, 0.25) is 5.82 Å². The fourth-order valence-corrected chi connectivity index (χ4v) is 3.11. The monoisotopic (exact) mass is 349 g/mol. The second-order valence-corrected chi connectivity index (χ2v) is 6.24. The van der Waals surface area contributed by atoms with Crippen molar-refractivity contribution in [3.63, 3.8) is 0 Å². The van der Waals surface area contributed by atoms with Crippen LogP contribution in [0.5, 0.6) is 5.75 Å². The van der Waals surface area contributed by atoms with Crippen LogP contribution in [0.3, 0.4) is 0 Å². The fourth-order valence-electron chi connectivity index (χ4n) is 3.11. The minimum absolute atomic E-state index is 0.0564. The first kappa shape index (κ1) is 16.3. The van der Waals surface area contributed by atoms with Crippen LogP contribution < -0.4 is 4.74 Å². The smallest absolute Gasteiger partial charge is 0.258 e. The molecule has 0 unspecified atom stereocenters. The van der Waals surface area contributed by atoms with Crippen LogP contribution in [0.4, 0.5) is 0 Å². The Morgan fingerprint density at radius 3 is 2.65 bits per heavy atom. The largest absolute Gasteiger partial charge is 0.497 e. The molecule has 1 saturated heterocycles. The van der Waals surface area contributed by atoms with Crippen LogP contribution in [0, 0.1) is 0 Å². The first-order valence-corrected chi connectivity index (χ1v) is 8.62. The van der Waals surface area contributed by atoms with Gasteiger partial charge in [0.25, 0.3) is 11.8 Å². The number of nitrogens with zero attached hydrogens (tertiary/aromatic N) is 3. The number of methoxy groups -OCH3 is 1. The number of hydrogen-bond acceptors (Lipinski definition) is 5. The van der Waals surface area contributed by atoms with Crippen LogP contribution in [0.2, 0.25) is 0 Å². The Hall–Kier alpha value is -3.15. The van der Waals surface area contributed by atoms with Crippen molar-refractivity contribution >= 4 is 5.91 Å². The van der Waals surface area contributed by atoms with Crippen molar-refractivity contribution in [2.45, 2.75) is 12.8 Å². The molecular formula is C20H19N3O3. The Kier molecular flexibility index (Phi) is 4.39. The van der Waals surface area contributed by atoms with Gasteiger partial charge in [0, 0.05) is 29.8 Å².